The van der Waals surface area contributed by atoms with Crippen molar-refractivity contribution in [3.05, 3.63) is 40.2 Å². The molecule has 8 heteroatoms. The number of methoxy groups -OCH3 is 3. The molecule has 1 N–H and O–H groups in total. The van der Waals surface area contributed by atoms with Crippen LogP contribution >= 0.6 is 22.7 Å². The number of thiazole rings is 1. The molecule has 2 heterocycles. The van der Waals surface area contributed by atoms with Gasteiger partial charge >= 0.3 is 0 Å². The van der Waals surface area contributed by atoms with Crippen LogP contribution < -0.4 is 19.5 Å². The third-order valence-corrected chi connectivity index (χ3v) is 5.62. The fourth-order valence-electron chi connectivity index (χ4n) is 2.39. The first-order chi connectivity index (χ1) is 12.5. The van der Waals surface area contributed by atoms with Gasteiger partial charge in [0.2, 0.25) is 5.75 Å². The first-order valence-electron chi connectivity index (χ1n) is 7.69. The highest BCUT2D eigenvalue weighted by Crippen LogP contribution is 2.40. The van der Waals surface area contributed by atoms with Gasteiger partial charge in [0.1, 0.15) is 10.7 Å². The van der Waals surface area contributed by atoms with E-state index in [1.807, 2.05) is 19.1 Å². The lowest BCUT2D eigenvalue weighted by atomic mass is 10.2. The van der Waals surface area contributed by atoms with Crippen LogP contribution in [0.25, 0.3) is 9.88 Å². The fourth-order valence-corrected chi connectivity index (χ4v) is 4.13. The van der Waals surface area contributed by atoms with Crippen LogP contribution in [0.5, 0.6) is 17.2 Å². The number of hydrogen-bond acceptors (Lipinski definition) is 7. The van der Waals surface area contributed by atoms with Gasteiger partial charge in [0.05, 0.1) is 26.2 Å². The Bertz CT molecular complexity index is 908. The van der Waals surface area contributed by atoms with Crippen LogP contribution in [0, 0.1) is 6.92 Å². The summed E-state index contributed by atoms with van der Waals surface area (Å²) < 4.78 is 15.9. The van der Waals surface area contributed by atoms with Gasteiger partial charge in [-0.1, -0.05) is 0 Å². The summed E-state index contributed by atoms with van der Waals surface area (Å²) in [6.45, 7) is 2.04. The topological polar surface area (TPSA) is 69.7 Å². The van der Waals surface area contributed by atoms with Crippen LogP contribution in [0.2, 0.25) is 0 Å². The average Bonchev–Trinajstić information content (AvgIpc) is 3.29. The summed E-state index contributed by atoms with van der Waals surface area (Å²) in [6.07, 6.45) is 0. The van der Waals surface area contributed by atoms with Gasteiger partial charge in [0.25, 0.3) is 5.91 Å². The molecule has 0 bridgehead atoms. The molecule has 0 aliphatic rings. The molecule has 3 aromatic rings. The van der Waals surface area contributed by atoms with Crippen molar-refractivity contribution in [1.82, 2.24) is 4.98 Å². The quantitative estimate of drug-likeness (QED) is 0.673. The number of nitrogens with zero attached hydrogens (tertiary/aromatic N) is 1. The van der Waals surface area contributed by atoms with Crippen molar-refractivity contribution < 1.29 is 19.0 Å². The van der Waals surface area contributed by atoms with E-state index in [0.717, 1.165) is 9.88 Å². The number of carbonyl (C=O) groups is 1. The van der Waals surface area contributed by atoms with Crippen molar-refractivity contribution in [2.75, 3.05) is 26.6 Å². The number of aryl methyl sites for hydroxylation is 1. The first-order valence-corrected chi connectivity index (χ1v) is 9.39. The van der Waals surface area contributed by atoms with Gasteiger partial charge in [-0.3, -0.25) is 4.79 Å². The number of thiophene rings is 1. The van der Waals surface area contributed by atoms with E-state index in [1.54, 1.807) is 28.8 Å². The Balaban J connectivity index is 1.83. The Hall–Kier alpha value is -2.58. The Morgan fingerprint density at radius 1 is 1.08 bits per heavy atom. The van der Waals surface area contributed by atoms with Gasteiger partial charge < -0.3 is 19.5 Å². The molecular formula is C18H18N2O4S2. The lowest BCUT2D eigenvalue weighted by Crippen LogP contribution is -2.12. The fraction of sp³-hybridized carbons (Fsp3) is 0.222. The van der Waals surface area contributed by atoms with E-state index in [4.69, 9.17) is 14.2 Å². The number of hydrogen-bond donors (Lipinski definition) is 1. The zero-order valence-electron chi connectivity index (χ0n) is 14.8. The van der Waals surface area contributed by atoms with Gasteiger partial charge in [-0.25, -0.2) is 4.98 Å². The summed E-state index contributed by atoms with van der Waals surface area (Å²) in [6, 6.07) is 7.40. The molecular weight excluding hydrogens is 372 g/mol. The molecule has 0 spiro atoms. The molecule has 2 aromatic heterocycles. The van der Waals surface area contributed by atoms with E-state index in [9.17, 15) is 4.79 Å². The van der Waals surface area contributed by atoms with Gasteiger partial charge in [0, 0.05) is 28.1 Å². The minimum Gasteiger partial charge on any atom is -0.493 e. The largest absolute Gasteiger partial charge is 0.493 e. The molecule has 0 aliphatic carbocycles. The number of benzene rings is 1. The number of carbonyl (C=O) groups excluding carboxylic acids is 1. The maximum atomic E-state index is 12.5. The number of nitrogens with one attached hydrogen (secondary N) is 1. The predicted octanol–water partition coefficient (Wildman–Crippen LogP) is 4.46. The van der Waals surface area contributed by atoms with Crippen molar-refractivity contribution in [3.8, 4) is 27.1 Å². The van der Waals surface area contributed by atoms with E-state index < -0.39 is 0 Å². The van der Waals surface area contributed by atoms with Gasteiger partial charge in [0.15, 0.2) is 11.5 Å². The minimum absolute atomic E-state index is 0.296. The molecule has 0 radical (unpaired) electrons. The van der Waals surface area contributed by atoms with Crippen molar-refractivity contribution in [1.29, 1.82) is 0 Å². The standard InChI is InChI=1S/C18H18N2O4S2/c1-10-5-6-15(26-10)18-20-12(9-25-18)17(21)19-11-7-13(22-2)16(24-4)14(8-11)23-3/h5-9H,1-4H3,(H,19,21). The second-order valence-corrected chi connectivity index (χ2v) is 7.46. The Kier molecular flexibility index (Phi) is 5.43. The van der Waals surface area contributed by atoms with Crippen molar-refractivity contribution in [2.45, 2.75) is 6.92 Å². The SMILES string of the molecule is COc1cc(NC(=O)c2csc(-c3ccc(C)s3)n2)cc(OC)c1OC. The molecule has 136 valence electrons. The van der Waals surface area contributed by atoms with Gasteiger partial charge in [-0.15, -0.1) is 22.7 Å². The lowest BCUT2D eigenvalue weighted by molar-refractivity contribution is 0.102. The molecule has 0 aliphatic heterocycles. The molecule has 1 aromatic carbocycles. The van der Waals surface area contributed by atoms with E-state index in [1.165, 1.54) is 37.5 Å². The number of anilines is 1. The Morgan fingerprint density at radius 2 is 1.77 bits per heavy atom. The normalized spacial score (nSPS) is 10.5. The number of aromatic nitrogens is 1. The summed E-state index contributed by atoms with van der Waals surface area (Å²) in [4.78, 5) is 19.2. The Morgan fingerprint density at radius 3 is 2.31 bits per heavy atom. The summed E-state index contributed by atoms with van der Waals surface area (Å²) in [5, 5.41) is 5.40. The maximum absolute atomic E-state index is 12.5. The van der Waals surface area contributed by atoms with E-state index in [2.05, 4.69) is 10.3 Å². The van der Waals surface area contributed by atoms with Gasteiger partial charge in [-0.2, -0.15) is 0 Å². The van der Waals surface area contributed by atoms with Crippen LogP contribution in [0.15, 0.2) is 29.6 Å². The number of rotatable bonds is 6. The highest BCUT2D eigenvalue weighted by atomic mass is 32.1. The summed E-state index contributed by atoms with van der Waals surface area (Å²) in [5.74, 6) is 1.11. The molecule has 1 amide bonds. The average molecular weight is 390 g/mol. The van der Waals surface area contributed by atoms with E-state index in [0.29, 0.717) is 28.6 Å². The maximum Gasteiger partial charge on any atom is 0.275 e. The van der Waals surface area contributed by atoms with E-state index >= 15 is 0 Å². The van der Waals surface area contributed by atoms with Crippen LogP contribution in [-0.4, -0.2) is 32.2 Å². The lowest BCUT2D eigenvalue weighted by Gasteiger charge is -2.14. The first kappa shape index (κ1) is 18.2. The second-order valence-electron chi connectivity index (χ2n) is 5.32. The number of ether oxygens (including phenoxy) is 3. The second kappa shape index (κ2) is 7.76. The van der Waals surface area contributed by atoms with Crippen LogP contribution in [0.1, 0.15) is 15.4 Å². The summed E-state index contributed by atoms with van der Waals surface area (Å²) >= 11 is 3.10. The van der Waals surface area contributed by atoms with Crippen LogP contribution in [0.4, 0.5) is 5.69 Å². The molecule has 3 rings (SSSR count). The van der Waals surface area contributed by atoms with Crippen molar-refractivity contribution in [3.63, 3.8) is 0 Å². The van der Waals surface area contributed by atoms with Gasteiger partial charge in [-0.05, 0) is 19.1 Å². The van der Waals surface area contributed by atoms with Crippen LogP contribution in [-0.2, 0) is 0 Å². The summed E-state index contributed by atoms with van der Waals surface area (Å²) in [5.41, 5.74) is 0.899. The van der Waals surface area contributed by atoms with Crippen molar-refractivity contribution in [2.24, 2.45) is 0 Å². The van der Waals surface area contributed by atoms with Crippen molar-refractivity contribution >= 4 is 34.3 Å². The third kappa shape index (κ3) is 3.66. The zero-order chi connectivity index (χ0) is 18.7. The van der Waals surface area contributed by atoms with Crippen LogP contribution in [0.3, 0.4) is 0 Å². The van der Waals surface area contributed by atoms with E-state index in [-0.39, 0.29) is 5.91 Å². The highest BCUT2D eigenvalue weighted by molar-refractivity contribution is 7.21. The monoisotopic (exact) mass is 390 g/mol. The molecule has 0 unspecified atom stereocenters. The molecule has 0 atom stereocenters. The molecule has 0 fully saturated rings. The molecule has 0 saturated carbocycles. The molecule has 6 nitrogen and oxygen atoms in total. The Labute approximate surface area is 159 Å². The number of amides is 1. The minimum atomic E-state index is -0.296. The highest BCUT2D eigenvalue weighted by Gasteiger charge is 2.17. The molecule has 0 saturated heterocycles. The third-order valence-electron chi connectivity index (χ3n) is 3.61. The zero-order valence-corrected chi connectivity index (χ0v) is 16.4. The molecule has 26 heavy (non-hydrogen) atoms. The summed E-state index contributed by atoms with van der Waals surface area (Å²) in [7, 11) is 4.58. The smallest absolute Gasteiger partial charge is 0.275 e. The predicted molar refractivity (Wildman–Crippen MR) is 104 cm³/mol.